The van der Waals surface area contributed by atoms with E-state index < -0.39 is 61.6 Å². The van der Waals surface area contributed by atoms with Crippen molar-refractivity contribution < 1.29 is 105 Å². The molecule has 0 atom stereocenters. The molecule has 137 heavy (non-hydrogen) atoms. The van der Waals surface area contributed by atoms with Crippen molar-refractivity contribution in [1.82, 2.24) is 74.7 Å². The number of aliphatic hydroxyl groups excluding tert-OH is 2. The standard InChI is InChI=1S/C20H23BrN4O4S.C20H25BrN4O3S.C19H23BrN4O5S2.C18H21BrN4O3S.C4H8O.C2H6O.C2H5O.CH3ClO2S.CH4.B.Li.Na.H/c1-6-29-17(27)20(2,3)30-18-22-15-14(16(26)24(5)19(28)23(15)4)25(18)11-12-8-7-9-13(21)10-12;1-6-28-12-20(2,3)29-18-22-16-15(17(26)24(5)19(27)23(16)4)25(18)11-13-8-7-9-14(21)10-13;1-19(2,11-29-31(5,27)28)30-17-21-15-14(16(25)23(4)18(26)22(15)3)24(17)10-12-7-6-8-13(20)9-12;1-18(2,10-24)27-16-20-14-13(15(25)22(4)17(26)21(14)3)23(16)9-11-6-5-7-12(19)8-11;1-2-4-5-3-1;2*1-2-3;1-5(2,3)4;;;;;/h7-10H,6,11H2,1-5H3;7-10H,6,11-12H2,1-5H3;6-9H,10-11H2,1-5H3;5-8,24H,9-10H2,1-4H3;1-4H2;3H,2H2,1H3;2H2,1H3;1H3;1H4;;;;/q;;;;;;-1;;;;2*+1;-1. The van der Waals surface area contributed by atoms with Gasteiger partial charge >= 0.3 is 77.1 Å². The topological polar surface area (TPSA) is 433 Å². The molecule has 3 radical (unpaired) electrons. The van der Waals surface area contributed by atoms with Crippen molar-refractivity contribution >= 4 is 200 Å². The summed E-state index contributed by atoms with van der Waals surface area (Å²) in [5.41, 5.74) is 3.21. The van der Waals surface area contributed by atoms with Gasteiger partial charge < -0.3 is 49.2 Å². The maximum Gasteiger partial charge on any atom is 1.00 e. The Labute approximate surface area is 888 Å². The number of rotatable bonds is 25. The minimum absolute atomic E-state index is 0. The number of nitrogens with zero attached hydrogens (tertiary/aromatic N) is 16. The Hall–Kier alpha value is -6.12. The molecule has 0 spiro atoms. The molecule has 1 aliphatic heterocycles. The second-order valence-electron chi connectivity index (χ2n) is 32.2. The SMILES string of the molecule is C.C1CCOC1.CCO.CCOC(=O)C(C)(C)Sc1nc2c(c(=O)n(C)c(=O)n2C)n1Cc1cccc(Br)c1.CCOCC(C)(C)Sc1nc2c(c(=O)n(C)c(=O)n2C)n1Cc1cccc(Br)c1.CC[O-].CS(=O)(=O)Cl.Cn1c(=O)c2c(nc(SC(C)(C)CO)n2Cc2cccc(Br)c2)n(C)c1=O.Cn1c(=O)c2c(nc(SC(C)(C)COS(C)(=O)=O)n2Cc2cccc(Br)c2)n(C)c1=O.[B].[H-].[Li+].[Na+]. The Morgan fingerprint density at radius 2 is 0.723 bits per heavy atom. The minimum Gasteiger partial charge on any atom is -1.00 e. The predicted octanol–water partition coefficient (Wildman–Crippen LogP) is 4.75. The molecule has 4 aromatic carbocycles. The number of esters is 1. The number of fused-ring (bicyclic) bond motifs is 4. The zero-order chi connectivity index (χ0) is 100. The Morgan fingerprint density at radius 1 is 0.474 bits per heavy atom. The monoisotopic (exact) mass is 2290 g/mol. The molecule has 9 heterocycles. The third kappa shape index (κ3) is 36.0. The van der Waals surface area contributed by atoms with Crippen LogP contribution in [0.15, 0.2) is 174 Å². The molecule has 36 nitrogen and oxygen atoms in total. The van der Waals surface area contributed by atoms with Crippen molar-refractivity contribution in [1.29, 1.82) is 0 Å². The molecule has 50 heteroatoms. The summed E-state index contributed by atoms with van der Waals surface area (Å²) in [6, 6.07) is 31.1. The maximum absolute atomic E-state index is 13.0. The van der Waals surface area contributed by atoms with Gasteiger partial charge in [-0.15, -0.1) is 6.61 Å². The number of aliphatic hydroxyl groups is 2. The zero-order valence-electron chi connectivity index (χ0n) is 81.7. The van der Waals surface area contributed by atoms with E-state index in [-0.39, 0.29) is 138 Å². The van der Waals surface area contributed by atoms with Crippen LogP contribution in [0, 0.1) is 0 Å². The summed E-state index contributed by atoms with van der Waals surface area (Å²) in [6.07, 6.45) is 4.48. The Morgan fingerprint density at radius 3 is 0.942 bits per heavy atom. The van der Waals surface area contributed by atoms with Crippen LogP contribution < -0.4 is 98.5 Å². The first-order chi connectivity index (χ1) is 62.0. The molecule has 0 amide bonds. The number of aromatic nitrogens is 16. The predicted molar refractivity (Wildman–Crippen MR) is 552 cm³/mol. The minimum atomic E-state index is -3.61. The molecule has 13 rings (SSSR count). The van der Waals surface area contributed by atoms with E-state index in [1.165, 1.54) is 94.6 Å². The van der Waals surface area contributed by atoms with Gasteiger partial charge in [0.2, 0.25) is 9.05 Å². The average molecular weight is 2300 g/mol. The molecule has 12 aromatic rings. The van der Waals surface area contributed by atoms with Gasteiger partial charge in [-0.1, -0.05) is 174 Å². The van der Waals surface area contributed by atoms with Crippen LogP contribution in [0.25, 0.3) is 44.7 Å². The van der Waals surface area contributed by atoms with Crippen LogP contribution in [0.1, 0.15) is 127 Å². The number of halogens is 5. The fourth-order valence-corrected chi connectivity index (χ4v) is 18.8. The summed E-state index contributed by atoms with van der Waals surface area (Å²) in [5, 5.41) is 28.4. The number of imidazole rings is 4. The summed E-state index contributed by atoms with van der Waals surface area (Å²) in [6.45, 7) is 27.2. The fraction of sp³-hybridized carbons (Fsp3) is 0.483. The maximum atomic E-state index is 13.0. The van der Waals surface area contributed by atoms with Gasteiger partial charge in [0.15, 0.2) is 65.3 Å². The number of aryl methyl sites for hydroxylation is 4. The second-order valence-corrected chi connectivity index (χ2v) is 47.2. The van der Waals surface area contributed by atoms with Gasteiger partial charge in [0.05, 0.1) is 65.1 Å². The summed E-state index contributed by atoms with van der Waals surface area (Å²) >= 11 is 19.3. The van der Waals surface area contributed by atoms with E-state index in [4.69, 9.17) is 33.6 Å². The van der Waals surface area contributed by atoms with Gasteiger partial charge in [0.1, 0.15) is 4.75 Å². The van der Waals surface area contributed by atoms with Gasteiger partial charge in [0, 0.05) is 134 Å². The number of ether oxygens (including phenoxy) is 3. The first-order valence-corrected chi connectivity index (χ1v) is 52.2. The van der Waals surface area contributed by atoms with E-state index in [0.29, 0.717) is 93.4 Å². The molecule has 1 fully saturated rings. The number of hydrogen-bond donors (Lipinski definition) is 2. The van der Waals surface area contributed by atoms with E-state index in [9.17, 15) is 65.1 Å². The summed E-state index contributed by atoms with van der Waals surface area (Å²) < 4.78 is 80.8. The molecule has 1 aliphatic rings. The third-order valence-corrected chi connectivity index (χ3v) is 26.1. The third-order valence-electron chi connectivity index (χ3n) is 18.9. The molecular weight excluding hydrogens is 2180 g/mol. The summed E-state index contributed by atoms with van der Waals surface area (Å²) in [5.74, 6) is -0.377. The Bertz CT molecular complexity index is 6900. The van der Waals surface area contributed by atoms with Crippen LogP contribution in [0.2, 0.25) is 0 Å². The van der Waals surface area contributed by atoms with Gasteiger partial charge in [-0.05, 0) is 160 Å². The molecule has 743 valence electrons. The normalized spacial score (nSPS) is 11.9. The van der Waals surface area contributed by atoms with E-state index in [1.54, 1.807) is 83.7 Å². The Kier molecular flexibility index (Phi) is 52.1. The average Bonchev–Trinajstić information content (AvgIpc) is 1.60. The van der Waals surface area contributed by atoms with Crippen molar-refractivity contribution in [3.63, 3.8) is 0 Å². The number of hydrogen-bond acceptors (Lipinski definition) is 28. The molecule has 0 unspecified atom stereocenters. The Balaban J connectivity index is 0.000000861. The van der Waals surface area contributed by atoms with E-state index >= 15 is 0 Å². The van der Waals surface area contributed by atoms with Crippen LogP contribution in [0.5, 0.6) is 0 Å². The molecular formula is C87H119BBr4ClLiN16NaO20S6. The van der Waals surface area contributed by atoms with Crippen molar-refractivity contribution in [2.24, 2.45) is 56.4 Å². The van der Waals surface area contributed by atoms with Crippen LogP contribution >= 0.6 is 121 Å². The molecule has 0 bridgehead atoms. The van der Waals surface area contributed by atoms with Gasteiger partial charge in [-0.25, -0.2) is 47.5 Å². The number of carbonyl (C=O) groups excluding carboxylic acids is 1. The van der Waals surface area contributed by atoms with Crippen LogP contribution in [-0.2, 0) is 125 Å². The largest absolute Gasteiger partial charge is 1.00 e. The fourth-order valence-electron chi connectivity index (χ4n) is 12.4. The second kappa shape index (κ2) is 56.2. The zero-order valence-corrected chi connectivity index (χ0v) is 94.7. The van der Waals surface area contributed by atoms with Crippen LogP contribution in [-0.4, -0.2) is 207 Å². The number of thioether (sulfide) groups is 4. The number of benzene rings is 4. The molecule has 0 aliphatic carbocycles. The van der Waals surface area contributed by atoms with Gasteiger partial charge in [0.25, 0.3) is 32.4 Å². The molecule has 1 saturated heterocycles. The van der Waals surface area contributed by atoms with E-state index in [0.717, 1.165) is 84.1 Å². The summed E-state index contributed by atoms with van der Waals surface area (Å²) in [4.78, 5) is 132. The van der Waals surface area contributed by atoms with Crippen LogP contribution in [0.3, 0.4) is 0 Å². The van der Waals surface area contributed by atoms with Crippen molar-refractivity contribution in [3.8, 4) is 0 Å². The smallest absolute Gasteiger partial charge is 1.00 e. The van der Waals surface area contributed by atoms with Gasteiger partial charge in [-0.2, -0.15) is 8.42 Å². The van der Waals surface area contributed by atoms with Gasteiger partial charge in [-0.3, -0.25) is 64.7 Å². The van der Waals surface area contributed by atoms with Crippen molar-refractivity contribution in [2.45, 2.75) is 169 Å². The van der Waals surface area contributed by atoms with Crippen molar-refractivity contribution in [2.75, 3.05) is 72.0 Å². The molecule has 8 aromatic heterocycles. The van der Waals surface area contributed by atoms with E-state index in [2.05, 4.69) is 103 Å². The van der Waals surface area contributed by atoms with Crippen molar-refractivity contribution in [3.05, 3.63) is 221 Å². The first-order valence-electron chi connectivity index (χ1n) is 41.2. The number of carbonyl (C=O) groups is 1. The van der Waals surface area contributed by atoms with Crippen LogP contribution in [0.4, 0.5) is 0 Å². The first kappa shape index (κ1) is 127. The molecule has 0 saturated carbocycles. The molecule has 2 N–H and O–H groups in total. The quantitative estimate of drug-likeness (QED) is 0.0256. The van der Waals surface area contributed by atoms with E-state index in [1.807, 2.05) is 141 Å². The summed E-state index contributed by atoms with van der Waals surface area (Å²) in [7, 11) is 9.90.